The van der Waals surface area contributed by atoms with Gasteiger partial charge in [0.05, 0.1) is 0 Å². The molecule has 1 atom stereocenters. The van der Waals surface area contributed by atoms with Gasteiger partial charge in [0.2, 0.25) is 0 Å². The van der Waals surface area contributed by atoms with Crippen LogP contribution in [0.1, 0.15) is 10.8 Å². The van der Waals surface area contributed by atoms with Gasteiger partial charge in [-0.2, -0.15) is 0 Å². The largest absolute Gasteiger partial charge is 0.480 e. The van der Waals surface area contributed by atoms with Gasteiger partial charge in [0.1, 0.15) is 9.29 Å². The maximum atomic E-state index is 12.3. The Bertz CT molecular complexity index is 508. The quantitative estimate of drug-likeness (QED) is 0.867. The minimum absolute atomic E-state index is 0. The standard InChI is InChI=1S/C11H16O4SSi.ClH/c1-17(2,3)16(14,15)10(11(12)13)9-7-5-4-6-8-9;/h4-8,10H,1-3H3,(H,12,13);1H. The molecule has 102 valence electrons. The van der Waals surface area contributed by atoms with Gasteiger partial charge in [-0.3, -0.25) is 4.79 Å². The second-order valence-electron chi connectivity index (χ2n) is 4.79. The van der Waals surface area contributed by atoms with Gasteiger partial charge in [-0.05, 0) is 5.56 Å². The molecule has 0 spiro atoms. The third-order valence-corrected chi connectivity index (χ3v) is 11.1. The third kappa shape index (κ3) is 3.34. The summed E-state index contributed by atoms with van der Waals surface area (Å²) in [4.78, 5) is 11.2. The van der Waals surface area contributed by atoms with Crippen LogP contribution in [0.25, 0.3) is 0 Å². The zero-order valence-electron chi connectivity index (χ0n) is 10.5. The van der Waals surface area contributed by atoms with Crippen LogP contribution in [0, 0.1) is 0 Å². The van der Waals surface area contributed by atoms with E-state index in [9.17, 15) is 13.2 Å². The molecule has 1 aromatic rings. The predicted octanol–water partition coefficient (Wildman–Crippen LogP) is 2.48. The molecule has 0 aliphatic rings. The number of halogens is 1. The number of carboxylic acids is 1. The van der Waals surface area contributed by atoms with Gasteiger partial charge in [-0.15, -0.1) is 12.4 Å². The molecule has 0 heterocycles. The maximum absolute atomic E-state index is 12.3. The molecule has 0 saturated carbocycles. The molecule has 18 heavy (non-hydrogen) atoms. The SMILES string of the molecule is C[Si](C)(C)S(=O)(=O)C(C(=O)O)c1ccccc1.Cl. The second kappa shape index (κ2) is 5.86. The topological polar surface area (TPSA) is 71.4 Å². The molecule has 1 N–H and O–H groups in total. The van der Waals surface area contributed by atoms with Crippen LogP contribution in [0.3, 0.4) is 0 Å². The Balaban J connectivity index is 0.00000289. The van der Waals surface area contributed by atoms with E-state index in [2.05, 4.69) is 0 Å². The minimum Gasteiger partial charge on any atom is -0.480 e. The van der Waals surface area contributed by atoms with Crippen LogP contribution < -0.4 is 0 Å². The molecule has 1 rings (SSSR count). The maximum Gasteiger partial charge on any atom is 0.325 e. The lowest BCUT2D eigenvalue weighted by molar-refractivity contribution is -0.136. The van der Waals surface area contributed by atoms with Gasteiger partial charge in [0.15, 0.2) is 12.5 Å². The Kier molecular flexibility index (Phi) is 5.58. The van der Waals surface area contributed by atoms with Crippen molar-refractivity contribution in [2.45, 2.75) is 24.9 Å². The smallest absolute Gasteiger partial charge is 0.325 e. The van der Waals surface area contributed by atoms with Crippen molar-refractivity contribution < 1.29 is 18.3 Å². The lowest BCUT2D eigenvalue weighted by Crippen LogP contribution is -2.40. The van der Waals surface area contributed by atoms with E-state index < -0.39 is 27.7 Å². The Morgan fingerprint density at radius 3 is 1.94 bits per heavy atom. The van der Waals surface area contributed by atoms with E-state index in [0.29, 0.717) is 5.56 Å². The number of rotatable bonds is 4. The summed E-state index contributed by atoms with van der Waals surface area (Å²) in [6.45, 7) is 4.92. The first-order valence-electron chi connectivity index (χ1n) is 5.19. The van der Waals surface area contributed by atoms with Crippen LogP contribution in [0.4, 0.5) is 0 Å². The van der Waals surface area contributed by atoms with Crippen molar-refractivity contribution in [3.05, 3.63) is 35.9 Å². The van der Waals surface area contributed by atoms with E-state index in [4.69, 9.17) is 5.11 Å². The first-order valence-corrected chi connectivity index (χ1v) is 11.0. The predicted molar refractivity (Wildman–Crippen MR) is 76.3 cm³/mol. The molecule has 0 amide bonds. The zero-order chi connectivity index (χ0) is 13.3. The molecule has 0 aromatic heterocycles. The summed E-state index contributed by atoms with van der Waals surface area (Å²) in [5, 5.41) is 7.72. The third-order valence-electron chi connectivity index (χ3n) is 2.49. The highest BCUT2D eigenvalue weighted by Gasteiger charge is 2.43. The van der Waals surface area contributed by atoms with E-state index in [1.807, 2.05) is 0 Å². The van der Waals surface area contributed by atoms with Crippen molar-refractivity contribution in [2.75, 3.05) is 0 Å². The molecule has 0 bridgehead atoms. The Morgan fingerprint density at radius 2 is 1.61 bits per heavy atom. The summed E-state index contributed by atoms with van der Waals surface area (Å²) < 4.78 is 24.6. The van der Waals surface area contributed by atoms with E-state index >= 15 is 0 Å². The van der Waals surface area contributed by atoms with Crippen LogP contribution in [0.5, 0.6) is 0 Å². The number of benzene rings is 1. The van der Waals surface area contributed by atoms with Crippen LogP contribution in [0.2, 0.25) is 19.6 Å². The fraction of sp³-hybridized carbons (Fsp3) is 0.364. The Morgan fingerprint density at radius 1 is 1.17 bits per heavy atom. The molecule has 1 unspecified atom stereocenters. The summed E-state index contributed by atoms with van der Waals surface area (Å²) in [5.74, 6) is -1.31. The molecule has 1 aromatic carbocycles. The Hall–Kier alpha value is -0.853. The van der Waals surface area contributed by atoms with Gasteiger partial charge in [0, 0.05) is 0 Å². The lowest BCUT2D eigenvalue weighted by Gasteiger charge is -2.22. The van der Waals surface area contributed by atoms with Crippen LogP contribution in [0.15, 0.2) is 30.3 Å². The first kappa shape index (κ1) is 17.1. The molecule has 0 fully saturated rings. The van der Waals surface area contributed by atoms with Gasteiger partial charge >= 0.3 is 5.97 Å². The van der Waals surface area contributed by atoms with Crippen LogP contribution in [-0.4, -0.2) is 26.7 Å². The van der Waals surface area contributed by atoms with E-state index in [0.717, 1.165) is 0 Å². The van der Waals surface area contributed by atoms with Gasteiger partial charge < -0.3 is 5.11 Å². The fourth-order valence-electron chi connectivity index (χ4n) is 1.44. The van der Waals surface area contributed by atoms with Gasteiger partial charge in [-0.25, -0.2) is 8.42 Å². The molecule has 0 aliphatic heterocycles. The van der Waals surface area contributed by atoms with Crippen LogP contribution in [-0.2, 0) is 14.1 Å². The second-order valence-corrected chi connectivity index (χ2v) is 16.0. The van der Waals surface area contributed by atoms with Crippen molar-refractivity contribution in [1.82, 2.24) is 0 Å². The Labute approximate surface area is 114 Å². The number of carbonyl (C=O) groups is 1. The summed E-state index contributed by atoms with van der Waals surface area (Å²) in [6.07, 6.45) is 0. The average molecular weight is 309 g/mol. The number of hydrogen-bond donors (Lipinski definition) is 1. The normalized spacial score (nSPS) is 13.5. The van der Waals surface area contributed by atoms with Crippen molar-refractivity contribution >= 4 is 34.9 Å². The first-order chi connectivity index (χ1) is 7.68. The van der Waals surface area contributed by atoms with Gasteiger partial charge in [0.25, 0.3) is 0 Å². The van der Waals surface area contributed by atoms with Crippen molar-refractivity contribution in [1.29, 1.82) is 0 Å². The van der Waals surface area contributed by atoms with Crippen molar-refractivity contribution in [3.63, 3.8) is 0 Å². The number of hydrogen-bond acceptors (Lipinski definition) is 3. The van der Waals surface area contributed by atoms with E-state index in [1.165, 1.54) is 12.1 Å². The van der Waals surface area contributed by atoms with Crippen molar-refractivity contribution in [3.8, 4) is 0 Å². The molecule has 4 nitrogen and oxygen atoms in total. The summed E-state index contributed by atoms with van der Waals surface area (Å²) in [5.41, 5.74) is 0.322. The molecular formula is C11H17ClO4SSi. The molecule has 0 aliphatic carbocycles. The van der Waals surface area contributed by atoms with E-state index in [1.54, 1.807) is 37.8 Å². The summed E-state index contributed by atoms with van der Waals surface area (Å²) >= 11 is 0. The molecule has 7 heteroatoms. The van der Waals surface area contributed by atoms with Gasteiger partial charge in [-0.1, -0.05) is 50.0 Å². The van der Waals surface area contributed by atoms with E-state index in [-0.39, 0.29) is 12.4 Å². The highest BCUT2D eigenvalue weighted by Crippen LogP contribution is 2.29. The summed E-state index contributed by atoms with van der Waals surface area (Å²) in [6, 6.07) is 8.09. The highest BCUT2D eigenvalue weighted by atomic mass is 35.5. The number of carboxylic acid groups (broad SMARTS) is 1. The molecule has 0 radical (unpaired) electrons. The van der Waals surface area contributed by atoms with Crippen LogP contribution >= 0.6 is 12.4 Å². The summed E-state index contributed by atoms with van der Waals surface area (Å²) in [7, 11) is -6.25. The minimum atomic E-state index is -3.65. The lowest BCUT2D eigenvalue weighted by atomic mass is 10.1. The fourth-order valence-corrected chi connectivity index (χ4v) is 5.76. The van der Waals surface area contributed by atoms with Crippen molar-refractivity contribution in [2.24, 2.45) is 0 Å². The molecule has 0 saturated heterocycles. The highest BCUT2D eigenvalue weighted by molar-refractivity contribution is 8.22. The number of aliphatic carboxylic acids is 1. The molecular weight excluding hydrogens is 292 g/mol. The average Bonchev–Trinajstić information content (AvgIpc) is 2.16. The monoisotopic (exact) mass is 308 g/mol. The zero-order valence-corrected chi connectivity index (χ0v) is 13.1.